The molecule has 3 aliphatic rings. The van der Waals surface area contributed by atoms with E-state index in [-0.39, 0.29) is 47.4 Å². The van der Waals surface area contributed by atoms with Crippen LogP contribution in [0.4, 0.5) is 30.8 Å². The highest BCUT2D eigenvalue weighted by molar-refractivity contribution is 8.45. The van der Waals surface area contributed by atoms with Gasteiger partial charge in [-0.25, -0.2) is 18.4 Å². The molecule has 2 amide bonds. The predicted octanol–water partition coefficient (Wildman–Crippen LogP) is 5.87. The van der Waals surface area contributed by atoms with E-state index in [1.54, 1.807) is 4.90 Å². The third kappa shape index (κ3) is 7.68. The van der Waals surface area contributed by atoms with Crippen molar-refractivity contribution in [3.8, 4) is 5.75 Å². The summed E-state index contributed by atoms with van der Waals surface area (Å²) in [5.74, 6) is -1.07. The molecule has 2 aromatic heterocycles. The number of benzene rings is 3. The summed E-state index contributed by atoms with van der Waals surface area (Å²) in [6.45, 7) is 6.79. The third-order valence-electron chi connectivity index (χ3n) is 10.8. The van der Waals surface area contributed by atoms with Gasteiger partial charge in [0.05, 0.1) is 19.2 Å². The van der Waals surface area contributed by atoms with Crippen LogP contribution in [0.5, 0.6) is 5.75 Å². The summed E-state index contributed by atoms with van der Waals surface area (Å²) in [7, 11) is -2.60. The maximum Gasteiger partial charge on any atom is 0.434 e. The standard InChI is InChI=1S/C40H42F2N8O8S/c1-27(2)49-35(44-26-51)21-59(39(49)52,38-14-13-36(57-38)50(53)54)32-10-6-30(7-11-32)47-17-15-46(16-18-47)29-4-8-31(9-5-29)55-20-37-56-23-40(58-37,22-48-25-43-24-45-48)33-12-3-28(41)19-34(33)42/h3-14,19,24-27,35,37H,15-18,20-23H2,1-2H3,(H,44,51)/t35?,37-,40+/m0/s1. The molecule has 2 unspecified atom stereocenters. The van der Waals surface area contributed by atoms with Gasteiger partial charge in [-0.05, 0) is 74.5 Å². The Morgan fingerprint density at radius 2 is 1.71 bits per heavy atom. The molecule has 0 aliphatic carbocycles. The molecule has 8 rings (SSSR count). The number of rotatable bonds is 14. The van der Waals surface area contributed by atoms with Gasteiger partial charge in [-0.3, -0.25) is 19.7 Å². The van der Waals surface area contributed by atoms with E-state index in [4.69, 9.17) is 18.6 Å². The van der Waals surface area contributed by atoms with E-state index in [1.165, 1.54) is 41.6 Å². The van der Waals surface area contributed by atoms with Crippen LogP contribution >= 0.6 is 10.0 Å². The third-order valence-corrected chi connectivity index (χ3v) is 14.4. The number of halogens is 2. The number of ether oxygens (including phenoxy) is 3. The first-order valence-corrected chi connectivity index (χ1v) is 20.8. The fourth-order valence-electron chi connectivity index (χ4n) is 7.95. The number of piperazine rings is 1. The zero-order valence-corrected chi connectivity index (χ0v) is 33.0. The highest BCUT2D eigenvalue weighted by Gasteiger charge is 2.53. The van der Waals surface area contributed by atoms with Crippen molar-refractivity contribution in [3.05, 3.63) is 119 Å². The lowest BCUT2D eigenvalue weighted by Gasteiger charge is -2.38. The summed E-state index contributed by atoms with van der Waals surface area (Å²) in [4.78, 5) is 47.5. The number of anilines is 2. The number of hydrogen-bond acceptors (Lipinski definition) is 12. The molecule has 59 heavy (non-hydrogen) atoms. The van der Waals surface area contributed by atoms with Crippen LogP contribution in [0.2, 0.25) is 0 Å². The Morgan fingerprint density at radius 3 is 2.31 bits per heavy atom. The molecule has 310 valence electrons. The molecule has 3 fully saturated rings. The van der Waals surface area contributed by atoms with Crippen molar-refractivity contribution < 1.29 is 41.9 Å². The summed E-state index contributed by atoms with van der Waals surface area (Å²) in [6, 6.07) is 21.3. The first-order valence-electron chi connectivity index (χ1n) is 19.0. The van der Waals surface area contributed by atoms with E-state index in [2.05, 4.69) is 25.2 Å². The van der Waals surface area contributed by atoms with Crippen LogP contribution in [0, 0.1) is 21.7 Å². The van der Waals surface area contributed by atoms with Crippen LogP contribution < -0.4 is 19.9 Å². The average molecular weight is 833 g/mol. The number of furan rings is 1. The first kappa shape index (κ1) is 39.8. The second-order valence-electron chi connectivity index (χ2n) is 14.7. The molecule has 0 radical (unpaired) electrons. The number of nitro groups is 1. The van der Waals surface area contributed by atoms with Crippen LogP contribution in [0.15, 0.2) is 106 Å². The molecule has 0 bridgehead atoms. The van der Waals surface area contributed by atoms with E-state index in [0.29, 0.717) is 17.1 Å². The van der Waals surface area contributed by atoms with Gasteiger partial charge in [0.2, 0.25) is 6.41 Å². The van der Waals surface area contributed by atoms with E-state index in [9.17, 15) is 28.5 Å². The van der Waals surface area contributed by atoms with Gasteiger partial charge in [0, 0.05) is 65.9 Å². The smallest absolute Gasteiger partial charge is 0.434 e. The Morgan fingerprint density at radius 1 is 1.02 bits per heavy atom. The molecule has 16 nitrogen and oxygen atoms in total. The van der Waals surface area contributed by atoms with Crippen LogP contribution in [-0.2, 0) is 26.4 Å². The normalized spacial score (nSPS) is 24.4. The van der Waals surface area contributed by atoms with Crippen LogP contribution in [0.25, 0.3) is 0 Å². The predicted molar refractivity (Wildman–Crippen MR) is 211 cm³/mol. The Bertz CT molecular complexity index is 2290. The topological polar surface area (TPSA) is 171 Å². The van der Waals surface area contributed by atoms with Gasteiger partial charge < -0.3 is 38.6 Å². The van der Waals surface area contributed by atoms with Crippen LogP contribution in [-0.4, -0.2) is 99.9 Å². The summed E-state index contributed by atoms with van der Waals surface area (Å²) >= 11 is 0. The largest absolute Gasteiger partial charge is 0.488 e. The van der Waals surface area contributed by atoms with Gasteiger partial charge >= 0.3 is 5.88 Å². The first-order chi connectivity index (χ1) is 28.5. The second-order valence-corrected chi connectivity index (χ2v) is 17.7. The minimum Gasteiger partial charge on any atom is -0.488 e. The highest BCUT2D eigenvalue weighted by Crippen LogP contribution is 2.68. The van der Waals surface area contributed by atoms with Crippen molar-refractivity contribution in [3.63, 3.8) is 0 Å². The van der Waals surface area contributed by atoms with Crippen molar-refractivity contribution in [1.82, 2.24) is 25.0 Å². The van der Waals surface area contributed by atoms with E-state index in [0.717, 1.165) is 43.6 Å². The number of aromatic nitrogens is 3. The maximum atomic E-state index is 15.0. The van der Waals surface area contributed by atoms with E-state index in [1.807, 2.05) is 62.4 Å². The molecule has 5 heterocycles. The van der Waals surface area contributed by atoms with Gasteiger partial charge in [0.1, 0.15) is 53.3 Å². The molecule has 0 saturated carbocycles. The summed E-state index contributed by atoms with van der Waals surface area (Å²) in [5.41, 5.74) is 0.861. The maximum absolute atomic E-state index is 15.0. The lowest BCUT2D eigenvalue weighted by atomic mass is 9.94. The van der Waals surface area contributed by atoms with Crippen molar-refractivity contribution in [2.75, 3.05) is 54.9 Å². The van der Waals surface area contributed by atoms with Crippen molar-refractivity contribution in [2.45, 2.75) is 54.5 Å². The molecule has 5 aromatic rings. The summed E-state index contributed by atoms with van der Waals surface area (Å²) < 4.78 is 54.1. The molecule has 3 aromatic carbocycles. The molecule has 0 spiro atoms. The van der Waals surface area contributed by atoms with Gasteiger partial charge in [0.15, 0.2) is 11.4 Å². The molecular weight excluding hydrogens is 791 g/mol. The zero-order valence-electron chi connectivity index (χ0n) is 32.2. The monoisotopic (exact) mass is 832 g/mol. The van der Waals surface area contributed by atoms with Crippen molar-refractivity contribution >= 4 is 38.9 Å². The van der Waals surface area contributed by atoms with Gasteiger partial charge in [0.25, 0.3) is 5.24 Å². The molecule has 1 N–H and O–H groups in total. The molecular formula is C40H42F2N8O8S. The molecule has 3 aliphatic heterocycles. The van der Waals surface area contributed by atoms with Gasteiger partial charge in [-0.15, -0.1) is 0 Å². The number of amides is 2. The zero-order chi connectivity index (χ0) is 41.3. The van der Waals surface area contributed by atoms with Gasteiger partial charge in [-0.2, -0.15) is 5.10 Å². The molecule has 3 saturated heterocycles. The molecule has 19 heteroatoms. The summed E-state index contributed by atoms with van der Waals surface area (Å²) in [5, 5.41) is 18.4. The van der Waals surface area contributed by atoms with E-state index < -0.39 is 50.5 Å². The van der Waals surface area contributed by atoms with E-state index >= 15 is 0 Å². The summed E-state index contributed by atoms with van der Waals surface area (Å²) in [6.07, 6.45) is 1.99. The number of nitrogens with zero attached hydrogens (tertiary/aromatic N) is 7. The lowest BCUT2D eigenvalue weighted by Crippen LogP contribution is -2.47. The highest BCUT2D eigenvalue weighted by atomic mass is 32.3. The SMILES string of the molecule is CC(C)N1C(=O)S(c2ccc(N3CCN(c4ccc(OC[C@H]5OC[C@](Cn6cncn6)(c6ccc(F)cc6F)O5)cc4)CC3)cc2)(c2ccc([N+](=O)[O-])o2)CC1NC=O. The molecule has 4 atom stereocenters. The Balaban J connectivity index is 0.896. The fourth-order valence-corrected chi connectivity index (χ4v) is 11.6. The average Bonchev–Trinajstić information content (AvgIpc) is 4.06. The number of nitrogens with one attached hydrogen (secondary N) is 1. The minimum atomic E-state index is -2.60. The Labute approximate surface area is 339 Å². The van der Waals surface area contributed by atoms with Gasteiger partial charge in [-0.1, -0.05) is 16.1 Å². The minimum absolute atomic E-state index is 0.00461. The quantitative estimate of drug-likeness (QED) is 0.0804. The van der Waals surface area contributed by atoms with Crippen LogP contribution in [0.3, 0.4) is 0 Å². The Hall–Kier alpha value is -6.05. The lowest BCUT2D eigenvalue weighted by molar-refractivity contribution is -0.403. The number of carbonyl (C=O) groups excluding carboxylic acids is 2. The number of carbonyl (C=O) groups is 2. The van der Waals surface area contributed by atoms with Crippen molar-refractivity contribution in [2.24, 2.45) is 0 Å². The number of hydrogen-bond donors (Lipinski definition) is 1. The Kier molecular flexibility index (Phi) is 11.0. The van der Waals surface area contributed by atoms with Crippen LogP contribution in [0.1, 0.15) is 19.4 Å². The van der Waals surface area contributed by atoms with Crippen molar-refractivity contribution in [1.29, 1.82) is 0 Å². The fraction of sp³-hybridized carbons (Fsp3) is 0.350. The second kappa shape index (κ2) is 16.3.